The second-order valence-corrected chi connectivity index (χ2v) is 11.9. The zero-order valence-corrected chi connectivity index (χ0v) is 18.6. The van der Waals surface area contributed by atoms with E-state index in [2.05, 4.69) is 8.92 Å². The summed E-state index contributed by atoms with van der Waals surface area (Å²) in [6, 6.07) is 0. The Labute approximate surface area is 167 Å². The third kappa shape index (κ3) is 10.0. The van der Waals surface area contributed by atoms with E-state index in [0.717, 1.165) is 13.8 Å². The molecule has 0 aromatic carbocycles. The van der Waals surface area contributed by atoms with Gasteiger partial charge in [0, 0.05) is 6.42 Å². The van der Waals surface area contributed by atoms with Crippen LogP contribution in [0.5, 0.6) is 0 Å². The van der Waals surface area contributed by atoms with Crippen molar-refractivity contribution in [3.05, 3.63) is 0 Å². The molecule has 0 fully saturated rings. The van der Waals surface area contributed by atoms with Crippen LogP contribution < -0.4 is 0 Å². The van der Waals surface area contributed by atoms with Gasteiger partial charge in [0.1, 0.15) is 6.61 Å². The second-order valence-electron chi connectivity index (χ2n) is 5.20. The van der Waals surface area contributed by atoms with Crippen LogP contribution >= 0.6 is 0 Å². The first-order chi connectivity index (χ1) is 12.8. The highest BCUT2D eigenvalue weighted by atomic mass is 32.2. The van der Waals surface area contributed by atoms with Crippen LogP contribution in [0.3, 0.4) is 0 Å². The maximum atomic E-state index is 12.9. The number of esters is 1. The molecule has 176 valence electrons. The summed E-state index contributed by atoms with van der Waals surface area (Å²) >= 11 is 0. The molecule has 0 saturated heterocycles. The zero-order chi connectivity index (χ0) is 23.7. The van der Waals surface area contributed by atoms with Crippen LogP contribution in [0.2, 0.25) is 0 Å². The lowest BCUT2D eigenvalue weighted by atomic mass is 10.5. The molecule has 0 unspecified atom stereocenters. The Kier molecular flexibility index (Phi) is 11.9. The van der Waals surface area contributed by atoms with Crippen LogP contribution in [0, 0.1) is 0 Å². The average molecular weight is 497 g/mol. The van der Waals surface area contributed by atoms with E-state index < -0.39 is 76.7 Å². The third-order valence-electron chi connectivity index (χ3n) is 3.12. The predicted octanol–water partition coefficient (Wildman–Crippen LogP) is 1.35. The highest BCUT2D eigenvalue weighted by Crippen LogP contribution is 2.24. The summed E-state index contributed by atoms with van der Waals surface area (Å²) in [6.45, 7) is 1.69. The molecule has 0 rings (SSSR count). The second kappa shape index (κ2) is 11.4. The van der Waals surface area contributed by atoms with Crippen molar-refractivity contribution in [3.8, 4) is 0 Å². The SMILES string of the molecule is CCC(=O)OCC(F)(F)S(=O)(=O)CC.CCS(=O)(=O)OCC(F)(F)S(=O)(=O)CC. The van der Waals surface area contributed by atoms with Gasteiger partial charge in [-0.05, 0) is 6.92 Å². The van der Waals surface area contributed by atoms with Crippen LogP contribution in [0.4, 0.5) is 17.6 Å². The number of carbonyl (C=O) groups excluding carboxylic acids is 1. The van der Waals surface area contributed by atoms with Crippen LogP contribution in [-0.4, -0.2) is 72.2 Å². The van der Waals surface area contributed by atoms with E-state index in [1.54, 1.807) is 0 Å². The maximum absolute atomic E-state index is 12.9. The van der Waals surface area contributed by atoms with Gasteiger partial charge in [0.25, 0.3) is 10.1 Å². The Morgan fingerprint density at radius 1 is 0.724 bits per heavy atom. The van der Waals surface area contributed by atoms with E-state index in [1.807, 2.05) is 0 Å². The zero-order valence-electron chi connectivity index (χ0n) is 16.2. The molecule has 0 bridgehead atoms. The fourth-order valence-corrected chi connectivity index (χ4v) is 3.00. The summed E-state index contributed by atoms with van der Waals surface area (Å²) in [5.74, 6) is -2.81. The molecule has 0 aliphatic heterocycles. The van der Waals surface area contributed by atoms with Gasteiger partial charge in [-0.2, -0.15) is 26.0 Å². The summed E-state index contributed by atoms with van der Waals surface area (Å²) in [6.07, 6.45) is -0.0672. The number of carbonyl (C=O) groups is 1. The molecule has 0 aliphatic carbocycles. The summed E-state index contributed by atoms with van der Waals surface area (Å²) in [5.41, 5.74) is 0. The molecule has 0 aliphatic rings. The Bertz CT molecular complexity index is 835. The van der Waals surface area contributed by atoms with E-state index >= 15 is 0 Å². The molecule has 0 aromatic heterocycles. The van der Waals surface area contributed by atoms with E-state index in [0.29, 0.717) is 0 Å². The Hall–Kier alpha value is -1.00. The summed E-state index contributed by atoms with van der Waals surface area (Å²) in [5, 5.41) is -8.17. The van der Waals surface area contributed by atoms with E-state index in [-0.39, 0.29) is 6.42 Å². The number of hydrogen-bond acceptors (Lipinski definition) is 9. The smallest absolute Gasteiger partial charge is 0.378 e. The maximum Gasteiger partial charge on any atom is 0.378 e. The molecular formula is C13H24F4O9S3. The van der Waals surface area contributed by atoms with Gasteiger partial charge < -0.3 is 4.74 Å². The van der Waals surface area contributed by atoms with Crippen molar-refractivity contribution < 1.29 is 56.5 Å². The van der Waals surface area contributed by atoms with Crippen LogP contribution in [0.1, 0.15) is 34.1 Å². The Balaban J connectivity index is 0. The van der Waals surface area contributed by atoms with Crippen molar-refractivity contribution in [2.45, 2.75) is 44.6 Å². The molecular weight excluding hydrogens is 472 g/mol. The topological polar surface area (TPSA) is 138 Å². The van der Waals surface area contributed by atoms with E-state index in [9.17, 15) is 47.6 Å². The van der Waals surface area contributed by atoms with E-state index in [4.69, 9.17) is 0 Å². The fraction of sp³-hybridized carbons (Fsp3) is 0.923. The molecule has 0 saturated carbocycles. The molecule has 0 aromatic rings. The van der Waals surface area contributed by atoms with Crippen molar-refractivity contribution in [2.75, 3.05) is 30.5 Å². The number of hydrogen-bond donors (Lipinski definition) is 0. The quantitative estimate of drug-likeness (QED) is 0.236. The first-order valence-corrected chi connectivity index (χ1v) is 13.0. The monoisotopic (exact) mass is 496 g/mol. The van der Waals surface area contributed by atoms with Gasteiger partial charge >= 0.3 is 16.5 Å². The average Bonchev–Trinajstić information content (AvgIpc) is 2.64. The number of ether oxygens (including phenoxy) is 1. The Morgan fingerprint density at radius 2 is 1.10 bits per heavy atom. The lowest BCUT2D eigenvalue weighted by molar-refractivity contribution is -0.149. The minimum Gasteiger partial charge on any atom is -0.458 e. The van der Waals surface area contributed by atoms with Crippen LogP contribution in [0.15, 0.2) is 0 Å². The molecule has 0 spiro atoms. The van der Waals surface area contributed by atoms with Crippen molar-refractivity contribution in [1.82, 2.24) is 0 Å². The van der Waals surface area contributed by atoms with Gasteiger partial charge in [0.2, 0.25) is 19.7 Å². The molecule has 16 heteroatoms. The van der Waals surface area contributed by atoms with Crippen molar-refractivity contribution >= 4 is 35.8 Å². The molecule has 0 heterocycles. The summed E-state index contributed by atoms with van der Waals surface area (Å²) < 4.78 is 124. The van der Waals surface area contributed by atoms with E-state index in [1.165, 1.54) is 13.8 Å². The largest absolute Gasteiger partial charge is 0.458 e. The lowest BCUT2D eigenvalue weighted by Crippen LogP contribution is -2.36. The first kappa shape index (κ1) is 30.2. The standard InChI is InChI=1S/C7H12F2O4S.C6H12F2O5S2/c1-3-6(10)13-5-7(8,9)14(11,12)4-2;1-3-14(9,10)6(7,8)5-13-15(11,12)4-2/h3-5H2,1-2H3;3-5H2,1-2H3. The lowest BCUT2D eigenvalue weighted by Gasteiger charge is -2.15. The molecule has 29 heavy (non-hydrogen) atoms. The van der Waals surface area contributed by atoms with Crippen molar-refractivity contribution in [1.29, 1.82) is 0 Å². The van der Waals surface area contributed by atoms with Gasteiger partial charge in [-0.15, -0.1) is 0 Å². The Morgan fingerprint density at radius 3 is 1.41 bits per heavy atom. The molecule has 9 nitrogen and oxygen atoms in total. The fourth-order valence-electron chi connectivity index (χ4n) is 1.11. The summed E-state index contributed by atoms with van der Waals surface area (Å²) in [7, 11) is -13.2. The number of rotatable bonds is 11. The first-order valence-electron chi connectivity index (χ1n) is 8.07. The van der Waals surface area contributed by atoms with Gasteiger partial charge in [-0.3, -0.25) is 8.98 Å². The highest BCUT2D eigenvalue weighted by Gasteiger charge is 2.45. The highest BCUT2D eigenvalue weighted by molar-refractivity contribution is 7.92. The molecule has 0 amide bonds. The minimum absolute atomic E-state index is 0.0672. The van der Waals surface area contributed by atoms with Gasteiger partial charge in [0.05, 0.1) is 17.3 Å². The summed E-state index contributed by atoms with van der Waals surface area (Å²) in [4.78, 5) is 10.5. The van der Waals surface area contributed by atoms with Gasteiger partial charge in [-0.1, -0.05) is 20.8 Å². The molecule has 0 radical (unpaired) electrons. The van der Waals surface area contributed by atoms with Gasteiger partial charge in [0.15, 0.2) is 6.61 Å². The van der Waals surface area contributed by atoms with Crippen LogP contribution in [0.25, 0.3) is 0 Å². The van der Waals surface area contributed by atoms with Crippen LogP contribution in [-0.2, 0) is 43.5 Å². The molecule has 0 N–H and O–H groups in total. The normalized spacial score (nSPS) is 13.4. The third-order valence-corrected chi connectivity index (χ3v) is 7.88. The van der Waals surface area contributed by atoms with Crippen molar-refractivity contribution in [3.63, 3.8) is 0 Å². The number of alkyl halides is 4. The number of halogens is 4. The molecule has 0 atom stereocenters. The van der Waals surface area contributed by atoms with Gasteiger partial charge in [-0.25, -0.2) is 16.8 Å². The predicted molar refractivity (Wildman–Crippen MR) is 95.5 cm³/mol. The van der Waals surface area contributed by atoms with Crippen molar-refractivity contribution in [2.24, 2.45) is 0 Å². The number of sulfone groups is 2. The minimum atomic E-state index is -4.65.